The number of morpholine rings is 1. The Morgan fingerprint density at radius 1 is 0.919 bits per heavy atom. The Balaban J connectivity index is 0.00000380. The molecule has 2 amide bonds. The molecule has 202 valence electrons. The maximum Gasteiger partial charge on any atom is 0.331 e. The van der Waals surface area contributed by atoms with Crippen LogP contribution in [0.15, 0.2) is 60.7 Å². The Kier molecular flexibility index (Phi) is 11.5. The second-order valence-corrected chi connectivity index (χ2v) is 9.89. The first-order chi connectivity index (χ1) is 17.6. The van der Waals surface area contributed by atoms with Gasteiger partial charge in [0.25, 0.3) is 0 Å². The molecule has 8 nitrogen and oxygen atoms in total. The number of hydrazine groups is 1. The summed E-state index contributed by atoms with van der Waals surface area (Å²) in [5.41, 5.74) is 7.83. The number of rotatable bonds is 9. The van der Waals surface area contributed by atoms with Gasteiger partial charge in [0.15, 0.2) is 5.96 Å². The van der Waals surface area contributed by atoms with Gasteiger partial charge < -0.3 is 21.1 Å². The van der Waals surface area contributed by atoms with Crippen LogP contribution < -0.4 is 16.4 Å². The minimum absolute atomic E-state index is 0. The van der Waals surface area contributed by atoms with Crippen LogP contribution in [0.1, 0.15) is 42.7 Å². The van der Waals surface area contributed by atoms with E-state index in [9.17, 15) is 4.79 Å². The first kappa shape index (κ1) is 28.8. The van der Waals surface area contributed by atoms with E-state index in [4.69, 9.17) is 15.9 Å². The number of urea groups is 1. The van der Waals surface area contributed by atoms with Crippen LogP contribution in [0.4, 0.5) is 4.79 Å². The molecule has 1 aliphatic carbocycles. The van der Waals surface area contributed by atoms with Crippen molar-refractivity contribution in [2.24, 2.45) is 17.6 Å². The topological polar surface area (TPSA) is 107 Å². The summed E-state index contributed by atoms with van der Waals surface area (Å²) in [6.45, 7) is 4.69. The standard InChI is InChI=1S/C28H40N6O2.ClH/c29-27(30)31-19-22-11-13-23(14-12-22)20-32-28(35)34(33-15-17-36-18-16-33)21-26(24-7-3-1-4-8-24)25-9-5-2-6-10-25;/h1-10,22-23,26H,11-21H2,(H,32,35)(H4,29,30,31);1H/t22-,23-;. The summed E-state index contributed by atoms with van der Waals surface area (Å²) in [5.74, 6) is 1.14. The predicted molar refractivity (Wildman–Crippen MR) is 150 cm³/mol. The van der Waals surface area contributed by atoms with Gasteiger partial charge >= 0.3 is 6.03 Å². The SMILES string of the molecule is Cl.N=C(N)NC[C@H]1CC[C@H](CNC(=O)N(CC(c2ccccc2)c2ccccc2)N2CCOCC2)CC1. The van der Waals surface area contributed by atoms with E-state index < -0.39 is 0 Å². The summed E-state index contributed by atoms with van der Waals surface area (Å²) in [6, 6.07) is 20.9. The zero-order valence-electron chi connectivity index (χ0n) is 21.5. The number of nitrogens with two attached hydrogens (primary N) is 1. The van der Waals surface area contributed by atoms with Gasteiger partial charge in [0.05, 0.1) is 19.8 Å². The minimum atomic E-state index is -0.0332. The van der Waals surface area contributed by atoms with Crippen molar-refractivity contribution in [3.8, 4) is 0 Å². The zero-order valence-corrected chi connectivity index (χ0v) is 22.3. The lowest BCUT2D eigenvalue weighted by Gasteiger charge is -2.39. The maximum absolute atomic E-state index is 13.6. The number of halogens is 1. The third kappa shape index (κ3) is 8.62. The first-order valence-corrected chi connectivity index (χ1v) is 13.2. The third-order valence-electron chi connectivity index (χ3n) is 7.41. The molecule has 1 heterocycles. The van der Waals surface area contributed by atoms with E-state index in [-0.39, 0.29) is 30.3 Å². The molecular formula is C28H41ClN6O2. The van der Waals surface area contributed by atoms with E-state index in [0.29, 0.717) is 51.2 Å². The molecule has 0 atom stereocenters. The maximum atomic E-state index is 13.6. The van der Waals surface area contributed by atoms with Crippen LogP contribution in [-0.4, -0.2) is 67.9 Å². The number of guanidine groups is 1. The normalized spacial score (nSPS) is 20.0. The van der Waals surface area contributed by atoms with E-state index in [1.165, 1.54) is 11.1 Å². The zero-order chi connectivity index (χ0) is 25.2. The van der Waals surface area contributed by atoms with Crippen LogP contribution in [0.3, 0.4) is 0 Å². The van der Waals surface area contributed by atoms with Gasteiger partial charge in [-0.2, -0.15) is 0 Å². The molecule has 0 bridgehead atoms. The van der Waals surface area contributed by atoms with Gasteiger partial charge in [-0.3, -0.25) is 10.4 Å². The molecule has 2 aromatic rings. The molecule has 0 aromatic heterocycles. The number of hydrogen-bond acceptors (Lipinski definition) is 4. The van der Waals surface area contributed by atoms with Gasteiger partial charge in [-0.05, 0) is 48.6 Å². The van der Waals surface area contributed by atoms with Crippen molar-refractivity contribution in [1.29, 1.82) is 5.41 Å². The molecule has 4 rings (SSSR count). The number of nitrogens with zero attached hydrogens (tertiary/aromatic N) is 2. The molecule has 2 aromatic carbocycles. The largest absolute Gasteiger partial charge is 0.379 e. The Labute approximate surface area is 226 Å². The average Bonchev–Trinajstić information content (AvgIpc) is 2.93. The lowest BCUT2D eigenvalue weighted by molar-refractivity contribution is -0.0641. The van der Waals surface area contributed by atoms with Crippen LogP contribution >= 0.6 is 12.4 Å². The second kappa shape index (κ2) is 14.8. The fourth-order valence-electron chi connectivity index (χ4n) is 5.29. The van der Waals surface area contributed by atoms with Gasteiger partial charge in [0.1, 0.15) is 0 Å². The summed E-state index contributed by atoms with van der Waals surface area (Å²) >= 11 is 0. The molecule has 0 radical (unpaired) electrons. The summed E-state index contributed by atoms with van der Waals surface area (Å²) in [5, 5.41) is 17.6. The molecule has 9 heteroatoms. The van der Waals surface area contributed by atoms with Crippen LogP contribution in [-0.2, 0) is 4.74 Å². The summed E-state index contributed by atoms with van der Waals surface area (Å²) in [4.78, 5) is 13.6. The molecule has 1 saturated carbocycles. The minimum Gasteiger partial charge on any atom is -0.379 e. The summed E-state index contributed by atoms with van der Waals surface area (Å²) in [7, 11) is 0. The highest BCUT2D eigenvalue weighted by atomic mass is 35.5. The van der Waals surface area contributed by atoms with E-state index in [1.54, 1.807) is 0 Å². The Morgan fingerprint density at radius 2 is 1.41 bits per heavy atom. The Morgan fingerprint density at radius 3 is 1.89 bits per heavy atom. The lowest BCUT2D eigenvalue weighted by Crippen LogP contribution is -2.56. The number of amides is 2. The smallest absolute Gasteiger partial charge is 0.331 e. The van der Waals surface area contributed by atoms with Crippen molar-refractivity contribution in [3.63, 3.8) is 0 Å². The molecule has 0 unspecified atom stereocenters. The average molecular weight is 529 g/mol. The van der Waals surface area contributed by atoms with Crippen LogP contribution in [0, 0.1) is 17.2 Å². The highest BCUT2D eigenvalue weighted by molar-refractivity contribution is 5.85. The first-order valence-electron chi connectivity index (χ1n) is 13.2. The van der Waals surface area contributed by atoms with Gasteiger partial charge in [0.2, 0.25) is 0 Å². The predicted octanol–water partition coefficient (Wildman–Crippen LogP) is 3.79. The molecule has 5 N–H and O–H groups in total. The van der Waals surface area contributed by atoms with Gasteiger partial charge in [-0.1, -0.05) is 60.7 Å². The third-order valence-corrected chi connectivity index (χ3v) is 7.41. The molecule has 0 spiro atoms. The lowest BCUT2D eigenvalue weighted by atomic mass is 9.82. The van der Waals surface area contributed by atoms with Gasteiger partial charge in [-0.15, -0.1) is 12.4 Å². The number of ether oxygens (including phenoxy) is 1. The molecule has 1 saturated heterocycles. The van der Waals surface area contributed by atoms with E-state index >= 15 is 0 Å². The highest BCUT2D eigenvalue weighted by Gasteiger charge is 2.29. The Bertz CT molecular complexity index is 910. The highest BCUT2D eigenvalue weighted by Crippen LogP contribution is 2.29. The molecule has 2 fully saturated rings. The molecular weight excluding hydrogens is 488 g/mol. The van der Waals surface area contributed by atoms with Gasteiger partial charge in [0, 0.05) is 32.1 Å². The number of benzene rings is 2. The van der Waals surface area contributed by atoms with Crippen LogP contribution in [0.25, 0.3) is 0 Å². The fourth-order valence-corrected chi connectivity index (χ4v) is 5.29. The van der Waals surface area contributed by atoms with E-state index in [1.807, 2.05) is 17.1 Å². The molecule has 2 aliphatic rings. The van der Waals surface area contributed by atoms with E-state index in [0.717, 1.165) is 32.2 Å². The number of hydrogen-bond donors (Lipinski definition) is 4. The van der Waals surface area contributed by atoms with Crippen molar-refractivity contribution < 1.29 is 9.53 Å². The van der Waals surface area contributed by atoms with Crippen LogP contribution in [0.2, 0.25) is 0 Å². The Hall–Kier alpha value is -2.81. The number of carbonyl (C=O) groups excluding carboxylic acids is 1. The van der Waals surface area contributed by atoms with Crippen molar-refractivity contribution >= 4 is 24.4 Å². The fraction of sp³-hybridized carbons (Fsp3) is 0.500. The van der Waals surface area contributed by atoms with Crippen molar-refractivity contribution in [1.82, 2.24) is 20.7 Å². The van der Waals surface area contributed by atoms with Crippen molar-refractivity contribution in [2.45, 2.75) is 31.6 Å². The van der Waals surface area contributed by atoms with Gasteiger partial charge in [-0.25, -0.2) is 9.80 Å². The monoisotopic (exact) mass is 528 g/mol. The summed E-state index contributed by atoms with van der Waals surface area (Å²) in [6.07, 6.45) is 4.35. The number of carbonyl (C=O) groups is 1. The number of nitrogens with one attached hydrogen (secondary N) is 3. The quantitative estimate of drug-likeness (QED) is 0.293. The molecule has 1 aliphatic heterocycles. The van der Waals surface area contributed by atoms with Crippen LogP contribution in [0.5, 0.6) is 0 Å². The molecule has 37 heavy (non-hydrogen) atoms. The second-order valence-electron chi connectivity index (χ2n) is 9.89. The van der Waals surface area contributed by atoms with E-state index in [2.05, 4.69) is 64.2 Å². The van der Waals surface area contributed by atoms with Crippen molar-refractivity contribution in [2.75, 3.05) is 45.9 Å². The summed E-state index contributed by atoms with van der Waals surface area (Å²) < 4.78 is 5.58. The van der Waals surface area contributed by atoms with Crippen molar-refractivity contribution in [3.05, 3.63) is 71.8 Å².